The van der Waals surface area contributed by atoms with Crippen molar-refractivity contribution in [2.75, 3.05) is 5.73 Å². The number of nitrogens with zero attached hydrogens (tertiary/aromatic N) is 7. The second-order valence-electron chi connectivity index (χ2n) is 7.45. The highest BCUT2D eigenvalue weighted by Gasteiger charge is 2.26. The van der Waals surface area contributed by atoms with Crippen LogP contribution in [-0.2, 0) is 13.6 Å². The van der Waals surface area contributed by atoms with Crippen LogP contribution in [0.5, 0.6) is 5.75 Å². The molecule has 0 amide bonds. The fourth-order valence-corrected chi connectivity index (χ4v) is 3.92. The Morgan fingerprint density at radius 3 is 2.82 bits per heavy atom. The van der Waals surface area contributed by atoms with Gasteiger partial charge in [0.2, 0.25) is 0 Å². The predicted molar refractivity (Wildman–Crippen MR) is 112 cm³/mol. The summed E-state index contributed by atoms with van der Waals surface area (Å²) in [7, 11) is 1.57. The van der Waals surface area contributed by atoms with Crippen molar-refractivity contribution >= 4 is 5.82 Å². The van der Waals surface area contributed by atoms with Crippen LogP contribution in [0.3, 0.4) is 0 Å². The number of H-pyrrole nitrogens is 1. The minimum atomic E-state index is -0.802. The lowest BCUT2D eigenvalue weighted by Gasteiger charge is -2.21. The summed E-state index contributed by atoms with van der Waals surface area (Å²) in [5, 5.41) is 22.1. The molecule has 0 radical (unpaired) electrons. The van der Waals surface area contributed by atoms with Gasteiger partial charge in [0.25, 0.3) is 0 Å². The zero-order valence-electron chi connectivity index (χ0n) is 17.4. The summed E-state index contributed by atoms with van der Waals surface area (Å²) >= 11 is 0. The third-order valence-electron chi connectivity index (χ3n) is 5.41. The number of aromatic nitrogens is 7. The van der Waals surface area contributed by atoms with Gasteiger partial charge in [-0.25, -0.2) is 18.7 Å². The Hall–Kier alpha value is -4.73. The van der Waals surface area contributed by atoms with E-state index in [0.29, 0.717) is 11.1 Å². The van der Waals surface area contributed by atoms with Crippen LogP contribution in [0.25, 0.3) is 16.9 Å². The van der Waals surface area contributed by atoms with Crippen molar-refractivity contribution < 1.29 is 9.13 Å². The summed E-state index contributed by atoms with van der Waals surface area (Å²) in [4.78, 5) is 27.7. The zero-order valence-corrected chi connectivity index (χ0v) is 17.4. The molecule has 0 saturated heterocycles. The van der Waals surface area contributed by atoms with E-state index in [2.05, 4.69) is 26.3 Å². The minimum Gasteiger partial charge on any atom is -0.482 e. The highest BCUT2D eigenvalue weighted by Crippen LogP contribution is 2.34. The van der Waals surface area contributed by atoms with Crippen LogP contribution in [-0.4, -0.2) is 34.3 Å². The number of rotatable bonds is 0. The van der Waals surface area contributed by atoms with Gasteiger partial charge in [-0.15, -0.1) is 10.2 Å². The second-order valence-corrected chi connectivity index (χ2v) is 7.45. The number of nitriles is 1. The maximum atomic E-state index is 14.2. The molecule has 13 heteroatoms. The zero-order chi connectivity index (χ0) is 23.4. The predicted octanol–water partition coefficient (Wildman–Crippen LogP) is 0.612. The molecular formula is C20H16FN9O3. The Morgan fingerprint density at radius 2 is 2.06 bits per heavy atom. The van der Waals surface area contributed by atoms with E-state index in [1.165, 1.54) is 28.9 Å². The standard InChI is InChI=1S/C20H16FN9O3/c1-9-11-5-10(21)3-4-14(11)30-20(32)24-19(31)29(30)8-13-17(15(7-22)28(2)27-13)12-6-16(33-9)18(23)26-25-12/h3-6,9H,8H2,1-2H3,(H2,23,26)(H,24,31,32). The number of fused-ring (bicyclic) bond motifs is 7. The normalized spacial score (nSPS) is 14.7. The van der Waals surface area contributed by atoms with E-state index in [0.717, 1.165) is 9.36 Å². The van der Waals surface area contributed by atoms with Crippen LogP contribution in [0.1, 0.15) is 30.0 Å². The van der Waals surface area contributed by atoms with Crippen LogP contribution >= 0.6 is 0 Å². The Balaban J connectivity index is 1.90. The van der Waals surface area contributed by atoms with E-state index < -0.39 is 23.3 Å². The van der Waals surface area contributed by atoms with Crippen molar-refractivity contribution in [2.24, 2.45) is 7.05 Å². The number of hydrogen-bond donors (Lipinski definition) is 2. The number of anilines is 1. The summed E-state index contributed by atoms with van der Waals surface area (Å²) in [5.41, 5.74) is 6.05. The fraction of sp³-hybridized carbons (Fsp3) is 0.200. The lowest BCUT2D eigenvalue weighted by atomic mass is 10.1. The molecule has 4 heterocycles. The van der Waals surface area contributed by atoms with Gasteiger partial charge < -0.3 is 10.5 Å². The molecule has 5 rings (SSSR count). The first-order valence-electron chi connectivity index (χ1n) is 9.76. The quantitative estimate of drug-likeness (QED) is 0.394. The molecule has 1 aliphatic rings. The molecule has 12 nitrogen and oxygen atoms in total. The van der Waals surface area contributed by atoms with E-state index in [4.69, 9.17) is 10.5 Å². The second kappa shape index (κ2) is 7.16. The summed E-state index contributed by atoms with van der Waals surface area (Å²) < 4.78 is 23.7. The van der Waals surface area contributed by atoms with Gasteiger partial charge in [-0.3, -0.25) is 9.67 Å². The molecule has 2 bridgehead atoms. The summed E-state index contributed by atoms with van der Waals surface area (Å²) in [6, 6.07) is 7.34. The van der Waals surface area contributed by atoms with Gasteiger partial charge >= 0.3 is 11.4 Å². The van der Waals surface area contributed by atoms with Crippen LogP contribution in [0, 0.1) is 17.1 Å². The summed E-state index contributed by atoms with van der Waals surface area (Å²) in [6.07, 6.45) is -0.802. The number of nitrogens with one attached hydrogen (secondary N) is 1. The molecule has 4 aromatic rings. The Kier molecular flexibility index (Phi) is 4.38. The van der Waals surface area contributed by atoms with Gasteiger partial charge in [-0.05, 0) is 25.1 Å². The van der Waals surface area contributed by atoms with Crippen molar-refractivity contribution in [1.29, 1.82) is 5.26 Å². The third-order valence-corrected chi connectivity index (χ3v) is 5.41. The minimum absolute atomic E-state index is 0.0136. The van der Waals surface area contributed by atoms with Crippen LogP contribution < -0.4 is 21.9 Å². The molecule has 166 valence electrons. The lowest BCUT2D eigenvalue weighted by Crippen LogP contribution is -2.28. The van der Waals surface area contributed by atoms with Crippen LogP contribution in [0.2, 0.25) is 0 Å². The third kappa shape index (κ3) is 3.07. The van der Waals surface area contributed by atoms with Gasteiger partial charge in [0.05, 0.1) is 23.5 Å². The monoisotopic (exact) mass is 449 g/mol. The van der Waals surface area contributed by atoms with Crippen molar-refractivity contribution in [3.05, 3.63) is 68.0 Å². The first-order valence-corrected chi connectivity index (χ1v) is 9.76. The number of halogens is 1. The number of nitrogen functional groups attached to an aromatic ring is 1. The number of aryl methyl sites for hydroxylation is 1. The largest absolute Gasteiger partial charge is 0.482 e. The molecule has 0 saturated carbocycles. The number of nitrogens with two attached hydrogens (primary N) is 1. The fourth-order valence-electron chi connectivity index (χ4n) is 3.92. The Labute approximate surface area is 184 Å². The molecule has 3 aromatic heterocycles. The molecule has 0 aliphatic carbocycles. The topological polar surface area (TPSA) is 162 Å². The van der Waals surface area contributed by atoms with Gasteiger partial charge in [0.15, 0.2) is 11.6 Å². The first kappa shape index (κ1) is 20.2. The number of benzene rings is 1. The number of ether oxygens (including phenoxy) is 1. The molecule has 1 unspecified atom stereocenters. The smallest absolute Gasteiger partial charge is 0.349 e. The SMILES string of the molecule is CC1Oc2cc(nnc2N)-c2c(nn(C)c2C#N)Cn2c(=O)[nH]c(=O)n2-c2ccc(F)cc21. The van der Waals surface area contributed by atoms with Crippen molar-refractivity contribution in [1.82, 2.24) is 34.3 Å². The van der Waals surface area contributed by atoms with Crippen molar-refractivity contribution in [3.63, 3.8) is 0 Å². The van der Waals surface area contributed by atoms with Crippen molar-refractivity contribution in [3.8, 4) is 28.8 Å². The van der Waals surface area contributed by atoms with E-state index in [1.54, 1.807) is 14.0 Å². The van der Waals surface area contributed by atoms with Crippen LogP contribution in [0.15, 0.2) is 33.9 Å². The average molecular weight is 449 g/mol. The maximum Gasteiger partial charge on any atom is 0.349 e. The van der Waals surface area contributed by atoms with E-state index in [1.807, 2.05) is 0 Å². The van der Waals surface area contributed by atoms with Gasteiger partial charge in [-0.1, -0.05) is 0 Å². The summed E-state index contributed by atoms with van der Waals surface area (Å²) in [6.45, 7) is 1.45. The summed E-state index contributed by atoms with van der Waals surface area (Å²) in [5.74, 6) is -0.415. The molecule has 33 heavy (non-hydrogen) atoms. The number of aromatic amines is 1. The van der Waals surface area contributed by atoms with Gasteiger partial charge in [0.1, 0.15) is 29.4 Å². The lowest BCUT2D eigenvalue weighted by molar-refractivity contribution is 0.226. The Bertz CT molecular complexity index is 1590. The molecule has 3 N–H and O–H groups in total. The molecule has 1 aliphatic heterocycles. The highest BCUT2D eigenvalue weighted by atomic mass is 19.1. The van der Waals surface area contributed by atoms with E-state index in [-0.39, 0.29) is 40.9 Å². The van der Waals surface area contributed by atoms with E-state index in [9.17, 15) is 19.2 Å². The van der Waals surface area contributed by atoms with Gasteiger partial charge in [-0.2, -0.15) is 15.0 Å². The molecule has 0 fully saturated rings. The maximum absolute atomic E-state index is 14.2. The molecular weight excluding hydrogens is 433 g/mol. The van der Waals surface area contributed by atoms with Gasteiger partial charge in [0, 0.05) is 18.7 Å². The molecule has 1 atom stereocenters. The van der Waals surface area contributed by atoms with E-state index >= 15 is 0 Å². The molecule has 1 aromatic carbocycles. The average Bonchev–Trinajstić information content (AvgIpc) is 3.23. The molecule has 0 spiro atoms. The highest BCUT2D eigenvalue weighted by molar-refractivity contribution is 5.70. The Morgan fingerprint density at radius 1 is 1.27 bits per heavy atom. The number of hydrogen-bond acceptors (Lipinski definition) is 8. The van der Waals surface area contributed by atoms with Crippen molar-refractivity contribution in [2.45, 2.75) is 19.6 Å². The first-order chi connectivity index (χ1) is 15.8. The van der Waals surface area contributed by atoms with Crippen LogP contribution in [0.4, 0.5) is 10.2 Å².